The summed E-state index contributed by atoms with van der Waals surface area (Å²) in [7, 11) is 0. The third kappa shape index (κ3) is 7.44. The van der Waals surface area contributed by atoms with Crippen molar-refractivity contribution < 1.29 is 45.0 Å². The van der Waals surface area contributed by atoms with Gasteiger partial charge in [0.2, 0.25) is 11.8 Å². The molecule has 1 amide bonds. The zero-order valence-corrected chi connectivity index (χ0v) is 16.9. The first-order valence-corrected chi connectivity index (χ1v) is 9.59. The molecule has 1 saturated carbocycles. The van der Waals surface area contributed by atoms with Gasteiger partial charge in [0.25, 0.3) is 5.91 Å². The first-order chi connectivity index (χ1) is 15.4. The first kappa shape index (κ1) is 24.5. The van der Waals surface area contributed by atoms with E-state index >= 15 is 0 Å². The monoisotopic (exact) mass is 480 g/mol. The predicted molar refractivity (Wildman–Crippen MR) is 97.5 cm³/mol. The molecule has 0 radical (unpaired) electrons. The average Bonchev–Trinajstić information content (AvgIpc) is 3.14. The van der Waals surface area contributed by atoms with Crippen molar-refractivity contribution in [3.8, 4) is 5.75 Å². The Morgan fingerprint density at radius 3 is 2.52 bits per heavy atom. The van der Waals surface area contributed by atoms with Crippen molar-refractivity contribution >= 4 is 5.91 Å². The van der Waals surface area contributed by atoms with E-state index in [0.29, 0.717) is 5.70 Å². The number of hydrogen-bond acceptors (Lipinski definition) is 7. The summed E-state index contributed by atoms with van der Waals surface area (Å²) in [5.74, 6) is -0.455. The van der Waals surface area contributed by atoms with Crippen molar-refractivity contribution in [2.75, 3.05) is 6.61 Å². The van der Waals surface area contributed by atoms with Gasteiger partial charge >= 0.3 is 12.5 Å². The zero-order chi connectivity index (χ0) is 24.2. The molecule has 0 aliphatic heterocycles. The van der Waals surface area contributed by atoms with Gasteiger partial charge in [0.15, 0.2) is 6.61 Å². The van der Waals surface area contributed by atoms with Crippen LogP contribution in [0.2, 0.25) is 0 Å². The number of allylic oxidation sites excluding steroid dienone is 1. The molecular weight excluding hydrogens is 462 g/mol. The van der Waals surface area contributed by atoms with Crippen LogP contribution in [0.1, 0.15) is 42.7 Å². The van der Waals surface area contributed by atoms with Gasteiger partial charge in [0.05, 0.1) is 12.3 Å². The molecule has 14 heteroatoms. The minimum atomic E-state index is -4.68. The van der Waals surface area contributed by atoms with Gasteiger partial charge in [-0.1, -0.05) is 6.58 Å². The fourth-order valence-corrected chi connectivity index (χ4v) is 2.92. The standard InChI is InChI=1S/C19H18F6N4O4/c1-10(27-15(30)9-31-12-3-4-14(26-8-12)18(20,21)22)2-5-16-28-29-17(32-16)11-6-13(7-11)33-19(23,24)25/h3-4,8,11,13H,1-2,5-7,9H2,(H,27,30). The maximum Gasteiger partial charge on any atom is 0.522 e. The molecule has 0 spiro atoms. The number of hydrogen-bond donors (Lipinski definition) is 1. The zero-order valence-electron chi connectivity index (χ0n) is 16.9. The predicted octanol–water partition coefficient (Wildman–Crippen LogP) is 3.91. The van der Waals surface area contributed by atoms with E-state index in [9.17, 15) is 31.1 Å². The van der Waals surface area contributed by atoms with Crippen LogP contribution < -0.4 is 10.1 Å². The highest BCUT2D eigenvalue weighted by Gasteiger charge is 2.42. The van der Waals surface area contributed by atoms with E-state index < -0.39 is 36.9 Å². The fourth-order valence-electron chi connectivity index (χ4n) is 2.92. The smallest absolute Gasteiger partial charge is 0.482 e. The molecule has 1 fully saturated rings. The van der Waals surface area contributed by atoms with Crippen LogP contribution in [0.3, 0.4) is 0 Å². The summed E-state index contributed by atoms with van der Waals surface area (Å²) in [6.45, 7) is 3.21. The quantitative estimate of drug-likeness (QED) is 0.544. The lowest BCUT2D eigenvalue weighted by atomic mass is 9.82. The third-order valence-corrected chi connectivity index (χ3v) is 4.58. The lowest BCUT2D eigenvalue weighted by Crippen LogP contribution is -2.34. The summed E-state index contributed by atoms with van der Waals surface area (Å²) in [5.41, 5.74) is -0.778. The third-order valence-electron chi connectivity index (χ3n) is 4.58. The number of amides is 1. The molecule has 2 aromatic heterocycles. The number of nitrogens with zero attached hydrogens (tertiary/aromatic N) is 3. The number of carbonyl (C=O) groups excluding carboxylic acids is 1. The number of aryl methyl sites for hydroxylation is 1. The molecule has 2 heterocycles. The lowest BCUT2D eigenvalue weighted by molar-refractivity contribution is -0.352. The molecule has 1 N–H and O–H groups in total. The Morgan fingerprint density at radius 2 is 1.91 bits per heavy atom. The van der Waals surface area contributed by atoms with Crippen LogP contribution in [-0.2, 0) is 22.1 Å². The number of aromatic nitrogens is 3. The molecule has 1 aliphatic rings. The van der Waals surface area contributed by atoms with Crippen LogP contribution in [0.15, 0.2) is 35.0 Å². The van der Waals surface area contributed by atoms with Gasteiger partial charge in [0.1, 0.15) is 11.4 Å². The van der Waals surface area contributed by atoms with Gasteiger partial charge in [-0.05, 0) is 31.4 Å². The highest BCUT2D eigenvalue weighted by Crippen LogP contribution is 2.40. The lowest BCUT2D eigenvalue weighted by Gasteiger charge is -2.32. The van der Waals surface area contributed by atoms with E-state index in [1.165, 1.54) is 0 Å². The molecule has 0 saturated heterocycles. The van der Waals surface area contributed by atoms with Crippen LogP contribution >= 0.6 is 0 Å². The molecule has 1 aliphatic carbocycles. The second kappa shape index (κ2) is 9.77. The van der Waals surface area contributed by atoms with E-state index in [1.54, 1.807) is 0 Å². The number of rotatable bonds is 9. The highest BCUT2D eigenvalue weighted by molar-refractivity contribution is 5.79. The number of alkyl halides is 6. The maximum atomic E-state index is 12.5. The van der Waals surface area contributed by atoms with Crippen molar-refractivity contribution in [3.05, 3.63) is 48.1 Å². The van der Waals surface area contributed by atoms with Crippen molar-refractivity contribution in [1.29, 1.82) is 0 Å². The SMILES string of the molecule is C=C(CCc1nnc(C2CC(OC(F)(F)F)C2)o1)NC(=O)COc1ccc(C(F)(F)F)nc1. The minimum Gasteiger partial charge on any atom is -0.482 e. The molecule has 0 aromatic carbocycles. The Labute approximate surface area is 183 Å². The second-order valence-corrected chi connectivity index (χ2v) is 7.21. The topological polar surface area (TPSA) is 99.4 Å². The van der Waals surface area contributed by atoms with Crippen molar-refractivity contribution in [2.24, 2.45) is 0 Å². The largest absolute Gasteiger partial charge is 0.522 e. The van der Waals surface area contributed by atoms with E-state index in [-0.39, 0.29) is 49.1 Å². The molecule has 180 valence electrons. The van der Waals surface area contributed by atoms with Gasteiger partial charge in [-0.2, -0.15) is 13.2 Å². The molecule has 0 unspecified atom stereocenters. The Kier molecular flexibility index (Phi) is 7.25. The first-order valence-electron chi connectivity index (χ1n) is 9.59. The van der Waals surface area contributed by atoms with Crippen molar-refractivity contribution in [1.82, 2.24) is 20.5 Å². The highest BCUT2D eigenvalue weighted by atomic mass is 19.4. The Balaban J connectivity index is 1.35. The van der Waals surface area contributed by atoms with Crippen LogP contribution in [0.5, 0.6) is 5.75 Å². The van der Waals surface area contributed by atoms with Crippen molar-refractivity contribution in [2.45, 2.75) is 50.2 Å². The molecular formula is C19H18F6N4O4. The number of halogens is 6. The molecule has 0 atom stereocenters. The van der Waals surface area contributed by atoms with Gasteiger partial charge in [-0.25, -0.2) is 4.98 Å². The molecule has 0 bridgehead atoms. The number of pyridine rings is 1. The molecule has 2 aromatic rings. The van der Waals surface area contributed by atoms with Gasteiger partial charge in [-0.15, -0.1) is 23.4 Å². The maximum absolute atomic E-state index is 12.5. The van der Waals surface area contributed by atoms with Crippen LogP contribution in [0.4, 0.5) is 26.3 Å². The Hall–Kier alpha value is -3.16. The number of ether oxygens (including phenoxy) is 2. The number of nitrogens with one attached hydrogen (secondary N) is 1. The number of carbonyl (C=O) groups is 1. The normalized spacial score (nSPS) is 18.5. The Morgan fingerprint density at radius 1 is 1.18 bits per heavy atom. The summed E-state index contributed by atoms with van der Waals surface area (Å²) in [6.07, 6.45) is -8.62. The Bertz CT molecular complexity index is 968. The summed E-state index contributed by atoms with van der Waals surface area (Å²) >= 11 is 0. The second-order valence-electron chi connectivity index (χ2n) is 7.21. The molecule has 3 rings (SSSR count). The van der Waals surface area contributed by atoms with Gasteiger partial charge in [-0.3, -0.25) is 9.53 Å². The summed E-state index contributed by atoms with van der Waals surface area (Å²) in [4.78, 5) is 15.1. The molecule has 33 heavy (non-hydrogen) atoms. The van der Waals surface area contributed by atoms with Crippen LogP contribution in [0.25, 0.3) is 0 Å². The van der Waals surface area contributed by atoms with Gasteiger partial charge < -0.3 is 14.5 Å². The van der Waals surface area contributed by atoms with E-state index in [1.807, 2.05) is 0 Å². The van der Waals surface area contributed by atoms with E-state index in [0.717, 1.165) is 18.3 Å². The van der Waals surface area contributed by atoms with E-state index in [4.69, 9.17) is 9.15 Å². The minimum absolute atomic E-state index is 0.0129. The van der Waals surface area contributed by atoms with E-state index in [2.05, 4.69) is 31.8 Å². The summed E-state index contributed by atoms with van der Waals surface area (Å²) < 4.78 is 88.3. The summed E-state index contributed by atoms with van der Waals surface area (Å²) in [6, 6.07) is 1.78. The average molecular weight is 480 g/mol. The molecule has 8 nitrogen and oxygen atoms in total. The van der Waals surface area contributed by atoms with Gasteiger partial charge in [0, 0.05) is 18.0 Å². The summed E-state index contributed by atoms with van der Waals surface area (Å²) in [5, 5.41) is 10.1. The van der Waals surface area contributed by atoms with Crippen molar-refractivity contribution in [3.63, 3.8) is 0 Å². The fraction of sp³-hybridized carbons (Fsp3) is 0.474. The van der Waals surface area contributed by atoms with Crippen LogP contribution in [0, 0.1) is 0 Å². The van der Waals surface area contributed by atoms with Crippen LogP contribution in [-0.4, -0.2) is 40.2 Å².